The molecule has 0 aliphatic carbocycles. The average molecular weight is 588 g/mol. The zero-order chi connectivity index (χ0) is 21.8. The van der Waals surface area contributed by atoms with Gasteiger partial charge in [0.15, 0.2) is 5.13 Å². The van der Waals surface area contributed by atoms with Gasteiger partial charge in [-0.2, -0.15) is 0 Å². The minimum Gasteiger partial charge on any atom is -0.494 e. The fourth-order valence-electron chi connectivity index (χ4n) is 3.72. The molecule has 0 atom stereocenters. The summed E-state index contributed by atoms with van der Waals surface area (Å²) in [6.45, 7) is 7.07. The van der Waals surface area contributed by atoms with E-state index in [0.717, 1.165) is 64.4 Å². The highest BCUT2D eigenvalue weighted by molar-refractivity contribution is 14.1. The molecule has 4 rings (SSSR count). The van der Waals surface area contributed by atoms with E-state index in [9.17, 15) is 4.79 Å². The predicted molar refractivity (Wildman–Crippen MR) is 141 cm³/mol. The largest absolute Gasteiger partial charge is 0.494 e. The maximum atomic E-state index is 13.6. The molecule has 0 N–H and O–H groups in total. The van der Waals surface area contributed by atoms with Crippen LogP contribution < -0.4 is 9.64 Å². The fraction of sp³-hybridized carbons (Fsp3) is 0.391. The molecule has 2 heterocycles. The zero-order valence-electron chi connectivity index (χ0n) is 18.2. The second-order valence-corrected chi connectivity index (χ2v) is 9.64. The lowest BCUT2D eigenvalue weighted by molar-refractivity contribution is 0.0376. The van der Waals surface area contributed by atoms with E-state index in [2.05, 4.69) is 34.4 Å². The molecule has 1 aliphatic rings. The van der Waals surface area contributed by atoms with Crippen LogP contribution in [-0.2, 0) is 4.74 Å². The Morgan fingerprint density at radius 2 is 2.00 bits per heavy atom. The van der Waals surface area contributed by atoms with Crippen molar-refractivity contribution in [1.82, 2.24) is 9.88 Å². The van der Waals surface area contributed by atoms with Crippen LogP contribution in [0.25, 0.3) is 10.2 Å². The topological polar surface area (TPSA) is 54.9 Å². The number of thiazole rings is 1. The van der Waals surface area contributed by atoms with Gasteiger partial charge in [-0.1, -0.05) is 29.5 Å². The molecule has 3 aromatic rings. The molecule has 0 saturated carbocycles. The Morgan fingerprint density at radius 3 is 2.72 bits per heavy atom. The monoisotopic (exact) mass is 587 g/mol. The quantitative estimate of drug-likeness (QED) is 0.364. The first-order chi connectivity index (χ1) is 15.1. The lowest BCUT2D eigenvalue weighted by Crippen LogP contribution is -2.39. The number of amides is 1. The van der Waals surface area contributed by atoms with Crippen molar-refractivity contribution in [3.8, 4) is 5.75 Å². The number of carbonyl (C=O) groups is 1. The van der Waals surface area contributed by atoms with Crippen molar-refractivity contribution in [2.24, 2.45) is 0 Å². The molecule has 1 aromatic heterocycles. The highest BCUT2D eigenvalue weighted by Crippen LogP contribution is 2.37. The molecule has 6 nitrogen and oxygen atoms in total. The third-order valence-electron chi connectivity index (χ3n) is 5.45. The maximum Gasteiger partial charge on any atom is 0.261 e. The van der Waals surface area contributed by atoms with Gasteiger partial charge in [-0.3, -0.25) is 14.6 Å². The smallest absolute Gasteiger partial charge is 0.261 e. The molecule has 0 spiro atoms. The van der Waals surface area contributed by atoms with Crippen LogP contribution in [-0.4, -0.2) is 62.3 Å². The van der Waals surface area contributed by atoms with Crippen LogP contribution in [0.3, 0.4) is 0 Å². The summed E-state index contributed by atoms with van der Waals surface area (Å²) in [5.41, 5.74) is 2.66. The van der Waals surface area contributed by atoms with Crippen LogP contribution in [0.15, 0.2) is 36.4 Å². The van der Waals surface area contributed by atoms with Crippen molar-refractivity contribution in [3.63, 3.8) is 0 Å². The molecule has 0 unspecified atom stereocenters. The van der Waals surface area contributed by atoms with E-state index in [-0.39, 0.29) is 18.3 Å². The van der Waals surface area contributed by atoms with Crippen molar-refractivity contribution in [2.75, 3.05) is 51.4 Å². The molecule has 32 heavy (non-hydrogen) atoms. The maximum absolute atomic E-state index is 13.6. The Kier molecular flexibility index (Phi) is 9.13. The van der Waals surface area contributed by atoms with Gasteiger partial charge in [0.1, 0.15) is 11.3 Å². The van der Waals surface area contributed by atoms with Gasteiger partial charge in [0.2, 0.25) is 0 Å². The van der Waals surface area contributed by atoms with E-state index in [1.54, 1.807) is 18.4 Å². The molecule has 0 bridgehead atoms. The third-order valence-corrected chi connectivity index (χ3v) is 7.61. The molecule has 2 aromatic carbocycles. The standard InChI is InChI=1S/C23H26IN3O3S.ClH/c1-16-8-9-19(29-2)20-21(16)31-23(25-20)27(11-5-10-26-12-14-30-15-13-26)22(28)17-6-3-4-7-18(17)24;/h3-4,6-9H,5,10-15H2,1-2H3;1H. The number of hydrogen-bond donors (Lipinski definition) is 0. The summed E-state index contributed by atoms with van der Waals surface area (Å²) in [5.74, 6) is 0.723. The average Bonchev–Trinajstić information content (AvgIpc) is 3.24. The number of ether oxygens (including phenoxy) is 2. The Morgan fingerprint density at radius 1 is 1.25 bits per heavy atom. The predicted octanol–water partition coefficient (Wildman–Crippen LogP) is 5.01. The summed E-state index contributed by atoms with van der Waals surface area (Å²) in [6.07, 6.45) is 0.876. The van der Waals surface area contributed by atoms with E-state index in [0.29, 0.717) is 17.2 Å². The second-order valence-electron chi connectivity index (χ2n) is 7.50. The van der Waals surface area contributed by atoms with Crippen LogP contribution in [0.4, 0.5) is 5.13 Å². The Bertz CT molecular complexity index is 1070. The summed E-state index contributed by atoms with van der Waals surface area (Å²) in [7, 11) is 1.65. The minimum atomic E-state index is -0.0114. The number of fused-ring (bicyclic) bond motifs is 1. The van der Waals surface area contributed by atoms with Gasteiger partial charge in [-0.25, -0.2) is 4.98 Å². The number of nitrogens with zero attached hydrogens (tertiary/aromatic N) is 3. The number of anilines is 1. The van der Waals surface area contributed by atoms with Gasteiger partial charge in [0, 0.05) is 29.7 Å². The van der Waals surface area contributed by atoms with Crippen molar-refractivity contribution in [1.29, 1.82) is 0 Å². The summed E-state index contributed by atoms with van der Waals surface area (Å²) in [6, 6.07) is 11.7. The molecule has 1 fully saturated rings. The van der Waals surface area contributed by atoms with Gasteiger partial charge in [-0.15, -0.1) is 12.4 Å². The van der Waals surface area contributed by atoms with Gasteiger partial charge in [0.25, 0.3) is 5.91 Å². The molecule has 1 amide bonds. The fourth-order valence-corrected chi connectivity index (χ4v) is 5.41. The van der Waals surface area contributed by atoms with Gasteiger partial charge < -0.3 is 9.47 Å². The first kappa shape index (κ1) is 25.2. The van der Waals surface area contributed by atoms with Crippen LogP contribution in [0.1, 0.15) is 22.3 Å². The number of benzene rings is 2. The Balaban J connectivity index is 0.00000289. The molecular formula is C23H27ClIN3O3S. The molecule has 1 aliphatic heterocycles. The number of carbonyl (C=O) groups excluding carboxylic acids is 1. The highest BCUT2D eigenvalue weighted by Gasteiger charge is 2.24. The number of halogens is 2. The number of rotatable bonds is 7. The van der Waals surface area contributed by atoms with E-state index in [1.807, 2.05) is 41.3 Å². The SMILES string of the molecule is COc1ccc(C)c2sc(N(CCCN3CCOCC3)C(=O)c3ccccc3I)nc12.Cl. The third kappa shape index (κ3) is 5.53. The van der Waals surface area contributed by atoms with Gasteiger partial charge in [-0.05, 0) is 59.7 Å². The lowest BCUT2D eigenvalue weighted by atomic mass is 10.2. The molecule has 172 valence electrons. The molecule has 1 saturated heterocycles. The number of methoxy groups -OCH3 is 1. The lowest BCUT2D eigenvalue weighted by Gasteiger charge is -2.27. The number of aryl methyl sites for hydroxylation is 1. The van der Waals surface area contributed by atoms with E-state index in [1.165, 1.54) is 0 Å². The van der Waals surface area contributed by atoms with Crippen LogP contribution in [0.5, 0.6) is 5.75 Å². The summed E-state index contributed by atoms with van der Waals surface area (Å²) < 4.78 is 13.0. The van der Waals surface area contributed by atoms with Crippen molar-refractivity contribution < 1.29 is 14.3 Å². The van der Waals surface area contributed by atoms with E-state index < -0.39 is 0 Å². The highest BCUT2D eigenvalue weighted by atomic mass is 127. The first-order valence-corrected chi connectivity index (χ1v) is 12.3. The van der Waals surface area contributed by atoms with Crippen LogP contribution in [0.2, 0.25) is 0 Å². The Hall–Kier alpha value is -1.46. The van der Waals surface area contributed by atoms with Crippen molar-refractivity contribution in [3.05, 3.63) is 51.1 Å². The molecule has 0 radical (unpaired) electrons. The first-order valence-electron chi connectivity index (χ1n) is 10.4. The van der Waals surface area contributed by atoms with Crippen molar-refractivity contribution >= 4 is 67.6 Å². The van der Waals surface area contributed by atoms with E-state index in [4.69, 9.17) is 14.5 Å². The summed E-state index contributed by atoms with van der Waals surface area (Å²) >= 11 is 3.78. The molecular weight excluding hydrogens is 561 g/mol. The van der Waals surface area contributed by atoms with Crippen LogP contribution in [0, 0.1) is 10.5 Å². The second kappa shape index (κ2) is 11.6. The summed E-state index contributed by atoms with van der Waals surface area (Å²) in [5, 5.41) is 0.717. The summed E-state index contributed by atoms with van der Waals surface area (Å²) in [4.78, 5) is 22.7. The van der Waals surface area contributed by atoms with Crippen LogP contribution >= 0.6 is 46.3 Å². The Labute approximate surface area is 212 Å². The van der Waals surface area contributed by atoms with Gasteiger partial charge in [0.05, 0.1) is 30.6 Å². The normalized spacial score (nSPS) is 14.2. The zero-order valence-corrected chi connectivity index (χ0v) is 22.0. The molecule has 9 heteroatoms. The van der Waals surface area contributed by atoms with E-state index >= 15 is 0 Å². The number of morpholine rings is 1. The minimum absolute atomic E-state index is 0. The van der Waals surface area contributed by atoms with Gasteiger partial charge >= 0.3 is 0 Å². The number of aromatic nitrogens is 1. The van der Waals surface area contributed by atoms with Crippen molar-refractivity contribution in [2.45, 2.75) is 13.3 Å². The number of hydrogen-bond acceptors (Lipinski definition) is 6.